The van der Waals surface area contributed by atoms with Crippen LogP contribution in [0.5, 0.6) is 11.5 Å². The molecule has 0 heterocycles. The predicted molar refractivity (Wildman–Crippen MR) is 157 cm³/mol. The number of esters is 1. The maximum atomic E-state index is 13.0. The third-order valence-electron chi connectivity index (χ3n) is 6.27. The van der Waals surface area contributed by atoms with Gasteiger partial charge in [-0.1, -0.05) is 85.8 Å². The van der Waals surface area contributed by atoms with Crippen LogP contribution in [0.15, 0.2) is 113 Å². The fourth-order valence-electron chi connectivity index (χ4n) is 4.24. The number of hydrazone groups is 1. The molecule has 6 nitrogen and oxygen atoms in total. The smallest absolute Gasteiger partial charge is 0.343 e. The summed E-state index contributed by atoms with van der Waals surface area (Å²) >= 11 is 3.61. The topological polar surface area (TPSA) is 77.0 Å². The molecule has 5 rings (SSSR count). The van der Waals surface area contributed by atoms with Crippen LogP contribution in [0.1, 0.15) is 29.3 Å². The van der Waals surface area contributed by atoms with Gasteiger partial charge in [0.15, 0.2) is 6.10 Å². The molecule has 0 aromatic heterocycles. The first-order valence-electron chi connectivity index (χ1n) is 12.5. The molecule has 5 aromatic carbocycles. The molecule has 0 spiro atoms. The molecule has 1 unspecified atom stereocenters. The average molecular weight is 581 g/mol. The molecule has 7 heteroatoms. The third kappa shape index (κ3) is 5.84. The van der Waals surface area contributed by atoms with Gasteiger partial charge in [-0.05, 0) is 68.2 Å². The Bertz CT molecular complexity index is 1680. The number of fused-ring (bicyclic) bond motifs is 2. The SMILES string of the molecule is CCC(Oc1ccc2ccccc2c1Br)C(=O)N/N=C/c1c(OC(=O)c2ccccc2)ccc2ccccc12. The van der Waals surface area contributed by atoms with Gasteiger partial charge in [0.25, 0.3) is 5.91 Å². The Hall–Kier alpha value is -4.49. The van der Waals surface area contributed by atoms with Crippen molar-refractivity contribution in [2.24, 2.45) is 5.10 Å². The summed E-state index contributed by atoms with van der Waals surface area (Å²) < 4.78 is 12.6. The summed E-state index contributed by atoms with van der Waals surface area (Å²) in [6, 6.07) is 31.8. The highest BCUT2D eigenvalue weighted by atomic mass is 79.9. The van der Waals surface area contributed by atoms with Crippen LogP contribution in [-0.2, 0) is 4.79 Å². The molecule has 0 bridgehead atoms. The van der Waals surface area contributed by atoms with Crippen LogP contribution >= 0.6 is 15.9 Å². The minimum atomic E-state index is -0.762. The molecule has 0 aliphatic carbocycles. The lowest BCUT2D eigenvalue weighted by Gasteiger charge is -2.17. The Labute approximate surface area is 234 Å². The van der Waals surface area contributed by atoms with E-state index in [1.807, 2.05) is 79.7 Å². The second-order valence-corrected chi connectivity index (χ2v) is 9.59. The number of carbonyl (C=O) groups excluding carboxylic acids is 2. The van der Waals surface area contributed by atoms with E-state index in [9.17, 15) is 9.59 Å². The van der Waals surface area contributed by atoms with Crippen molar-refractivity contribution < 1.29 is 19.1 Å². The zero-order valence-electron chi connectivity index (χ0n) is 21.1. The second-order valence-electron chi connectivity index (χ2n) is 8.80. The van der Waals surface area contributed by atoms with E-state index in [1.165, 1.54) is 6.21 Å². The van der Waals surface area contributed by atoms with Crippen molar-refractivity contribution in [2.75, 3.05) is 0 Å². The summed E-state index contributed by atoms with van der Waals surface area (Å²) in [6.07, 6.45) is 1.17. The first kappa shape index (κ1) is 26.1. The van der Waals surface area contributed by atoms with Gasteiger partial charge < -0.3 is 9.47 Å². The van der Waals surface area contributed by atoms with Gasteiger partial charge in [-0.15, -0.1) is 0 Å². The number of carbonyl (C=O) groups is 2. The fourth-order valence-corrected chi connectivity index (χ4v) is 4.83. The predicted octanol–water partition coefficient (Wildman–Crippen LogP) is 7.28. The van der Waals surface area contributed by atoms with Gasteiger partial charge in [0.05, 0.1) is 16.3 Å². The summed E-state index contributed by atoms with van der Waals surface area (Å²) in [6.45, 7) is 1.87. The zero-order chi connectivity index (χ0) is 27.2. The lowest BCUT2D eigenvalue weighted by Crippen LogP contribution is -2.35. The van der Waals surface area contributed by atoms with Crippen LogP contribution in [0.25, 0.3) is 21.5 Å². The minimum absolute atomic E-state index is 0.337. The Kier molecular flexibility index (Phi) is 7.99. The van der Waals surface area contributed by atoms with Gasteiger partial charge in [-0.3, -0.25) is 4.79 Å². The number of hydrogen-bond donors (Lipinski definition) is 1. The highest BCUT2D eigenvalue weighted by Gasteiger charge is 2.20. The van der Waals surface area contributed by atoms with Crippen LogP contribution in [-0.4, -0.2) is 24.2 Å². The highest BCUT2D eigenvalue weighted by Crippen LogP contribution is 2.34. The van der Waals surface area contributed by atoms with Gasteiger partial charge >= 0.3 is 5.97 Å². The lowest BCUT2D eigenvalue weighted by molar-refractivity contribution is -0.128. The molecule has 1 atom stereocenters. The average Bonchev–Trinajstić information content (AvgIpc) is 2.98. The summed E-state index contributed by atoms with van der Waals surface area (Å²) in [7, 11) is 0. The number of ether oxygens (including phenoxy) is 2. The van der Waals surface area contributed by atoms with Gasteiger partial charge in [0.2, 0.25) is 0 Å². The molecule has 194 valence electrons. The van der Waals surface area contributed by atoms with Gasteiger partial charge in [0, 0.05) is 5.56 Å². The van der Waals surface area contributed by atoms with Gasteiger partial charge in [-0.25, -0.2) is 10.2 Å². The van der Waals surface area contributed by atoms with Crippen molar-refractivity contribution >= 4 is 55.6 Å². The van der Waals surface area contributed by atoms with Crippen LogP contribution in [0, 0.1) is 0 Å². The van der Waals surface area contributed by atoms with Crippen molar-refractivity contribution in [3.05, 3.63) is 119 Å². The Morgan fingerprint density at radius 3 is 2.15 bits per heavy atom. The van der Waals surface area contributed by atoms with Crippen LogP contribution < -0.4 is 14.9 Å². The van der Waals surface area contributed by atoms with Crippen molar-refractivity contribution in [2.45, 2.75) is 19.4 Å². The first-order valence-corrected chi connectivity index (χ1v) is 13.3. The summed E-state index contributed by atoms with van der Waals surface area (Å²) in [5.41, 5.74) is 3.59. The Balaban J connectivity index is 1.36. The van der Waals surface area contributed by atoms with Gasteiger partial charge in [-0.2, -0.15) is 5.10 Å². The normalized spacial score (nSPS) is 11.9. The fraction of sp³-hybridized carbons (Fsp3) is 0.0938. The van der Waals surface area contributed by atoms with E-state index in [1.54, 1.807) is 30.3 Å². The monoisotopic (exact) mass is 580 g/mol. The number of nitrogens with one attached hydrogen (secondary N) is 1. The Morgan fingerprint density at radius 1 is 0.821 bits per heavy atom. The molecule has 0 saturated carbocycles. The van der Waals surface area contributed by atoms with Crippen LogP contribution in [0.4, 0.5) is 0 Å². The number of nitrogens with zero attached hydrogens (tertiary/aromatic N) is 1. The Morgan fingerprint density at radius 2 is 1.44 bits per heavy atom. The standard InChI is InChI=1S/C32H25BrN2O4/c1-2-27(38-29-19-17-22-11-7-9-15-25(22)30(29)33)31(36)35-34-20-26-24-14-8-6-10-21(24)16-18-28(26)39-32(37)23-12-4-3-5-13-23/h3-20,27H,2H2,1H3,(H,35,36)/b34-20+. The largest absolute Gasteiger partial charge is 0.479 e. The maximum Gasteiger partial charge on any atom is 0.343 e. The number of benzene rings is 5. The van der Waals surface area contributed by atoms with Gasteiger partial charge in [0.1, 0.15) is 11.5 Å². The quantitative estimate of drug-likeness (QED) is 0.0905. The summed E-state index contributed by atoms with van der Waals surface area (Å²) in [5.74, 6) is 0.0367. The maximum absolute atomic E-state index is 13.0. The van der Waals surface area contributed by atoms with Crippen molar-refractivity contribution in [3.63, 3.8) is 0 Å². The molecule has 39 heavy (non-hydrogen) atoms. The number of hydrogen-bond acceptors (Lipinski definition) is 5. The third-order valence-corrected chi connectivity index (χ3v) is 7.09. The molecule has 0 fully saturated rings. The molecule has 1 N–H and O–H groups in total. The lowest BCUT2D eigenvalue weighted by atomic mass is 10.0. The van der Waals surface area contributed by atoms with Crippen molar-refractivity contribution in [1.82, 2.24) is 5.43 Å². The van der Waals surface area contributed by atoms with Crippen LogP contribution in [0.3, 0.4) is 0 Å². The van der Waals surface area contributed by atoms with Crippen LogP contribution in [0.2, 0.25) is 0 Å². The molecular weight excluding hydrogens is 556 g/mol. The highest BCUT2D eigenvalue weighted by molar-refractivity contribution is 9.10. The first-order chi connectivity index (χ1) is 19.0. The molecule has 0 aliphatic rings. The number of amides is 1. The van der Waals surface area contributed by atoms with E-state index in [0.29, 0.717) is 29.0 Å². The molecule has 0 radical (unpaired) electrons. The summed E-state index contributed by atoms with van der Waals surface area (Å²) in [4.78, 5) is 25.7. The zero-order valence-corrected chi connectivity index (χ0v) is 22.7. The molecule has 0 saturated heterocycles. The molecule has 5 aromatic rings. The molecular formula is C32H25BrN2O4. The van der Waals surface area contributed by atoms with E-state index in [2.05, 4.69) is 26.5 Å². The van der Waals surface area contributed by atoms with E-state index < -0.39 is 18.0 Å². The summed E-state index contributed by atoms with van der Waals surface area (Å²) in [5, 5.41) is 8.05. The van der Waals surface area contributed by atoms with Crippen molar-refractivity contribution in [1.29, 1.82) is 0 Å². The van der Waals surface area contributed by atoms with E-state index >= 15 is 0 Å². The molecule has 0 aliphatic heterocycles. The second kappa shape index (κ2) is 11.9. The minimum Gasteiger partial charge on any atom is -0.479 e. The van der Waals surface area contributed by atoms with E-state index in [0.717, 1.165) is 26.0 Å². The molecule has 1 amide bonds. The number of halogens is 1. The van der Waals surface area contributed by atoms with E-state index in [4.69, 9.17) is 9.47 Å². The number of rotatable bonds is 8. The van der Waals surface area contributed by atoms with E-state index in [-0.39, 0.29) is 0 Å². The van der Waals surface area contributed by atoms with Crippen molar-refractivity contribution in [3.8, 4) is 11.5 Å².